The van der Waals surface area contributed by atoms with E-state index in [4.69, 9.17) is 11.6 Å². The molecule has 1 aromatic heterocycles. The molecule has 0 spiro atoms. The van der Waals surface area contributed by atoms with Crippen molar-refractivity contribution in [1.29, 1.82) is 0 Å². The zero-order valence-electron chi connectivity index (χ0n) is 9.66. The van der Waals surface area contributed by atoms with Gasteiger partial charge < -0.3 is 0 Å². The van der Waals surface area contributed by atoms with Crippen LogP contribution in [0.5, 0.6) is 0 Å². The lowest BCUT2D eigenvalue weighted by Gasteiger charge is -2.01. The first kappa shape index (κ1) is 12.1. The van der Waals surface area contributed by atoms with E-state index in [1.165, 1.54) is 6.07 Å². The fourth-order valence-electron chi connectivity index (χ4n) is 1.70. The smallest absolute Gasteiger partial charge is 0.128 e. The van der Waals surface area contributed by atoms with Crippen LogP contribution in [0.1, 0.15) is 18.9 Å². The number of hydrogen-bond acceptors (Lipinski definition) is 1. The zero-order chi connectivity index (χ0) is 12.3. The van der Waals surface area contributed by atoms with Gasteiger partial charge in [0.15, 0.2) is 0 Å². The molecular formula is C13H14ClFN2. The molecule has 17 heavy (non-hydrogen) atoms. The molecule has 2 nitrogen and oxygen atoms in total. The van der Waals surface area contributed by atoms with Crippen molar-refractivity contribution in [3.63, 3.8) is 0 Å². The van der Waals surface area contributed by atoms with E-state index < -0.39 is 0 Å². The molecule has 2 rings (SSSR count). The quantitative estimate of drug-likeness (QED) is 0.756. The molecule has 0 amide bonds. The highest BCUT2D eigenvalue weighted by molar-refractivity contribution is 6.17. The van der Waals surface area contributed by atoms with Crippen LogP contribution in [-0.4, -0.2) is 9.78 Å². The molecule has 1 aromatic carbocycles. The van der Waals surface area contributed by atoms with Crippen LogP contribution in [-0.2, 0) is 12.4 Å². The molecule has 0 fully saturated rings. The number of nitrogens with zero attached hydrogens (tertiary/aromatic N) is 2. The van der Waals surface area contributed by atoms with Gasteiger partial charge in [-0.1, -0.05) is 19.1 Å². The van der Waals surface area contributed by atoms with E-state index in [1.807, 2.05) is 16.9 Å². The molecule has 0 bridgehead atoms. The summed E-state index contributed by atoms with van der Waals surface area (Å²) >= 11 is 5.62. The first-order valence-electron chi connectivity index (χ1n) is 5.61. The molecule has 0 aliphatic heterocycles. The molecule has 2 aromatic rings. The van der Waals surface area contributed by atoms with Crippen molar-refractivity contribution < 1.29 is 4.39 Å². The lowest BCUT2D eigenvalue weighted by Crippen LogP contribution is -1.95. The van der Waals surface area contributed by atoms with Gasteiger partial charge in [-0.15, -0.1) is 11.6 Å². The third-order valence-corrected chi connectivity index (χ3v) is 2.90. The molecule has 0 atom stereocenters. The fourth-order valence-corrected chi connectivity index (χ4v) is 1.92. The topological polar surface area (TPSA) is 17.8 Å². The first-order valence-corrected chi connectivity index (χ1v) is 6.15. The summed E-state index contributed by atoms with van der Waals surface area (Å²) in [6, 6.07) is 5.09. The Morgan fingerprint density at radius 1 is 1.35 bits per heavy atom. The van der Waals surface area contributed by atoms with E-state index in [0.29, 0.717) is 5.56 Å². The number of rotatable bonds is 4. The standard InChI is InChI=1S/C13H14ClFN2/c1-2-5-17-9-12(8-16-17)10-3-4-11(7-14)13(15)6-10/h3-4,6,8-9H,2,5,7H2,1H3. The Hall–Kier alpha value is -1.35. The van der Waals surface area contributed by atoms with Crippen LogP contribution in [0.4, 0.5) is 4.39 Å². The Labute approximate surface area is 105 Å². The Bertz CT molecular complexity index is 508. The van der Waals surface area contributed by atoms with Gasteiger partial charge in [-0.05, 0) is 18.1 Å². The lowest BCUT2D eigenvalue weighted by molar-refractivity contribution is 0.603. The van der Waals surface area contributed by atoms with Crippen LogP contribution < -0.4 is 0 Å². The van der Waals surface area contributed by atoms with Crippen LogP contribution in [0.3, 0.4) is 0 Å². The predicted octanol–water partition coefficient (Wildman–Crippen LogP) is 3.84. The second-order valence-electron chi connectivity index (χ2n) is 3.93. The number of alkyl halides is 1. The van der Waals surface area contributed by atoms with E-state index in [1.54, 1.807) is 12.3 Å². The van der Waals surface area contributed by atoms with Gasteiger partial charge in [0, 0.05) is 23.9 Å². The lowest BCUT2D eigenvalue weighted by atomic mass is 10.1. The van der Waals surface area contributed by atoms with Gasteiger partial charge in [0.05, 0.1) is 12.1 Å². The minimum Gasteiger partial charge on any atom is -0.272 e. The molecule has 0 radical (unpaired) electrons. The average molecular weight is 253 g/mol. The molecular weight excluding hydrogens is 239 g/mol. The van der Waals surface area contributed by atoms with Crippen LogP contribution in [0.2, 0.25) is 0 Å². The molecule has 90 valence electrons. The number of halogens is 2. The maximum absolute atomic E-state index is 13.6. The minimum atomic E-state index is -0.263. The molecule has 0 N–H and O–H groups in total. The van der Waals surface area contributed by atoms with Crippen LogP contribution in [0.15, 0.2) is 30.6 Å². The molecule has 0 saturated carbocycles. The Kier molecular flexibility index (Phi) is 3.79. The van der Waals surface area contributed by atoms with Gasteiger partial charge in [0.25, 0.3) is 0 Å². The summed E-state index contributed by atoms with van der Waals surface area (Å²) in [6.07, 6.45) is 4.71. The maximum atomic E-state index is 13.6. The van der Waals surface area contributed by atoms with Gasteiger partial charge in [-0.25, -0.2) is 4.39 Å². The summed E-state index contributed by atoms with van der Waals surface area (Å²) < 4.78 is 15.4. The van der Waals surface area contributed by atoms with E-state index in [-0.39, 0.29) is 11.7 Å². The summed E-state index contributed by atoms with van der Waals surface area (Å²) in [5.74, 6) is -0.0676. The fraction of sp³-hybridized carbons (Fsp3) is 0.308. The van der Waals surface area contributed by atoms with E-state index in [9.17, 15) is 4.39 Å². The van der Waals surface area contributed by atoms with E-state index in [0.717, 1.165) is 24.1 Å². The van der Waals surface area contributed by atoms with Crippen LogP contribution in [0, 0.1) is 5.82 Å². The summed E-state index contributed by atoms with van der Waals surface area (Å²) in [5.41, 5.74) is 2.29. The zero-order valence-corrected chi connectivity index (χ0v) is 10.4. The monoisotopic (exact) mass is 252 g/mol. The first-order chi connectivity index (χ1) is 8.24. The van der Waals surface area contributed by atoms with Crippen molar-refractivity contribution in [2.24, 2.45) is 0 Å². The normalized spacial score (nSPS) is 10.8. The minimum absolute atomic E-state index is 0.196. The highest BCUT2D eigenvalue weighted by Gasteiger charge is 2.06. The molecule has 4 heteroatoms. The maximum Gasteiger partial charge on any atom is 0.128 e. The van der Waals surface area contributed by atoms with E-state index in [2.05, 4.69) is 12.0 Å². The summed E-state index contributed by atoms with van der Waals surface area (Å²) in [5, 5.41) is 4.22. The number of hydrogen-bond donors (Lipinski definition) is 0. The third kappa shape index (κ3) is 2.67. The molecule has 0 saturated heterocycles. The summed E-state index contributed by atoms with van der Waals surface area (Å²) in [6.45, 7) is 2.97. The molecule has 1 heterocycles. The van der Waals surface area contributed by atoms with Crippen molar-refractivity contribution in [1.82, 2.24) is 9.78 Å². The predicted molar refractivity (Wildman–Crippen MR) is 67.5 cm³/mol. The largest absolute Gasteiger partial charge is 0.272 e. The summed E-state index contributed by atoms with van der Waals surface area (Å²) in [4.78, 5) is 0. The average Bonchev–Trinajstić information content (AvgIpc) is 2.78. The van der Waals surface area contributed by atoms with Gasteiger partial charge >= 0.3 is 0 Å². The molecule has 0 unspecified atom stereocenters. The van der Waals surface area contributed by atoms with Crippen LogP contribution in [0.25, 0.3) is 11.1 Å². The van der Waals surface area contributed by atoms with Crippen molar-refractivity contribution in [3.05, 3.63) is 42.0 Å². The molecule has 0 aliphatic carbocycles. The number of benzene rings is 1. The van der Waals surface area contributed by atoms with Gasteiger partial charge in [0.2, 0.25) is 0 Å². The third-order valence-electron chi connectivity index (χ3n) is 2.62. The van der Waals surface area contributed by atoms with Crippen molar-refractivity contribution in [2.45, 2.75) is 25.8 Å². The van der Waals surface area contributed by atoms with Crippen molar-refractivity contribution in [2.75, 3.05) is 0 Å². The Morgan fingerprint density at radius 2 is 2.18 bits per heavy atom. The van der Waals surface area contributed by atoms with E-state index >= 15 is 0 Å². The number of aryl methyl sites for hydroxylation is 1. The van der Waals surface area contributed by atoms with Crippen LogP contribution >= 0.6 is 11.6 Å². The SMILES string of the molecule is CCCn1cc(-c2ccc(CCl)c(F)c2)cn1. The second-order valence-corrected chi connectivity index (χ2v) is 4.20. The van der Waals surface area contributed by atoms with Crippen molar-refractivity contribution in [3.8, 4) is 11.1 Å². The van der Waals surface area contributed by atoms with Gasteiger partial charge in [-0.2, -0.15) is 5.10 Å². The molecule has 0 aliphatic rings. The van der Waals surface area contributed by atoms with Gasteiger partial charge in [-0.3, -0.25) is 4.68 Å². The number of aromatic nitrogens is 2. The van der Waals surface area contributed by atoms with Gasteiger partial charge in [0.1, 0.15) is 5.82 Å². The Balaban J connectivity index is 2.29. The van der Waals surface area contributed by atoms with Crippen molar-refractivity contribution >= 4 is 11.6 Å². The Morgan fingerprint density at radius 3 is 2.82 bits per heavy atom. The highest BCUT2D eigenvalue weighted by atomic mass is 35.5. The second kappa shape index (κ2) is 5.32. The summed E-state index contributed by atoms with van der Waals surface area (Å²) in [7, 11) is 0. The highest BCUT2D eigenvalue weighted by Crippen LogP contribution is 2.22.